The number of nitrogens with zero attached hydrogens (tertiary/aromatic N) is 1. The fraction of sp³-hybridized carbons (Fsp3) is 0.231. The van der Waals surface area contributed by atoms with Crippen LogP contribution in [-0.2, 0) is 0 Å². The van der Waals surface area contributed by atoms with E-state index in [2.05, 4.69) is 36.3 Å². The van der Waals surface area contributed by atoms with Crippen molar-refractivity contribution < 1.29 is 31.6 Å². The van der Waals surface area contributed by atoms with Gasteiger partial charge in [-0.15, -0.1) is 0 Å². The highest BCUT2D eigenvalue weighted by Gasteiger charge is 2.22. The summed E-state index contributed by atoms with van der Waals surface area (Å²) in [7, 11) is -6.00. The van der Waals surface area contributed by atoms with Crippen LogP contribution < -0.4 is 10.7 Å². The second-order valence-corrected chi connectivity index (χ2v) is 8.11. The van der Waals surface area contributed by atoms with Crippen LogP contribution in [0.15, 0.2) is 57.9 Å². The molecule has 4 rings (SSSR count). The fourth-order valence-corrected chi connectivity index (χ4v) is 4.13. The van der Waals surface area contributed by atoms with Gasteiger partial charge < -0.3 is 32.1 Å². The predicted octanol–water partition coefficient (Wildman–Crippen LogP) is 7.17. The third-order valence-corrected chi connectivity index (χ3v) is 5.56. The van der Waals surface area contributed by atoms with Crippen LogP contribution in [0.5, 0.6) is 0 Å². The lowest BCUT2D eigenvalue weighted by atomic mass is 9.88. The van der Waals surface area contributed by atoms with Gasteiger partial charge in [0.1, 0.15) is 11.3 Å². The third-order valence-electron chi connectivity index (χ3n) is 5.56. The zero-order valence-electron chi connectivity index (χ0n) is 20.3. The van der Waals surface area contributed by atoms with Crippen LogP contribution in [-0.4, -0.2) is 31.4 Å². The standard InChI is InChI=1S/C26H26N2O3.BF4/c1-5-27-21-13-23-17(11-15(21)3)12-20-24(31-23)14-22(28-6-2)16(4)25(20)18-9-7-8-10-19(18)26(29)30;2-1(3,4)5/h7-14,27H,5-6H2,1-4H3,(H,29,30);/q;-1. The summed E-state index contributed by atoms with van der Waals surface area (Å²) in [5, 5.41) is 15.0. The van der Waals surface area contributed by atoms with E-state index in [4.69, 9.17) is 4.42 Å². The average molecular weight is 501 g/mol. The summed E-state index contributed by atoms with van der Waals surface area (Å²) in [4.78, 5) is 16.6. The molecule has 1 heterocycles. The highest BCUT2D eigenvalue weighted by Crippen LogP contribution is 2.39. The van der Waals surface area contributed by atoms with Crippen LogP contribution in [0.25, 0.3) is 33.4 Å². The number of halogens is 4. The van der Waals surface area contributed by atoms with Crippen molar-refractivity contribution in [2.24, 2.45) is 4.99 Å². The first-order chi connectivity index (χ1) is 16.9. The van der Waals surface area contributed by atoms with E-state index in [-0.39, 0.29) is 5.56 Å². The normalized spacial score (nSPS) is 11.9. The Balaban J connectivity index is 0.000000658. The van der Waals surface area contributed by atoms with E-state index < -0.39 is 13.2 Å². The van der Waals surface area contributed by atoms with E-state index in [0.717, 1.165) is 50.8 Å². The summed E-state index contributed by atoms with van der Waals surface area (Å²) in [6.07, 6.45) is 0. The van der Waals surface area contributed by atoms with Gasteiger partial charge in [-0.1, -0.05) is 18.2 Å². The molecule has 1 aliphatic heterocycles. The van der Waals surface area contributed by atoms with Crippen LogP contribution in [0.2, 0.25) is 0 Å². The van der Waals surface area contributed by atoms with Crippen LogP contribution in [0.3, 0.4) is 0 Å². The predicted molar refractivity (Wildman–Crippen MR) is 135 cm³/mol. The van der Waals surface area contributed by atoms with Crippen molar-refractivity contribution in [1.29, 1.82) is 0 Å². The Hall–Kier alpha value is -3.82. The molecule has 2 aromatic carbocycles. The van der Waals surface area contributed by atoms with Gasteiger partial charge in [-0.25, -0.2) is 4.79 Å². The second-order valence-electron chi connectivity index (χ2n) is 8.11. The highest BCUT2D eigenvalue weighted by molar-refractivity contribution is 6.50. The zero-order valence-corrected chi connectivity index (χ0v) is 20.3. The van der Waals surface area contributed by atoms with E-state index in [0.29, 0.717) is 17.9 Å². The van der Waals surface area contributed by atoms with Gasteiger partial charge in [0.25, 0.3) is 0 Å². The van der Waals surface area contributed by atoms with Gasteiger partial charge in [0.2, 0.25) is 0 Å². The number of fused-ring (bicyclic) bond motifs is 2. The van der Waals surface area contributed by atoms with Gasteiger partial charge >= 0.3 is 13.2 Å². The molecular formula is C26H26BF4N2O3-. The molecule has 2 aromatic rings. The van der Waals surface area contributed by atoms with Gasteiger partial charge in [0, 0.05) is 41.9 Å². The number of rotatable bonds is 5. The van der Waals surface area contributed by atoms with Crippen molar-refractivity contribution in [2.45, 2.75) is 27.7 Å². The van der Waals surface area contributed by atoms with E-state index in [1.165, 1.54) is 0 Å². The van der Waals surface area contributed by atoms with Crippen molar-refractivity contribution in [1.82, 2.24) is 0 Å². The number of nitrogens with one attached hydrogen (secondary N) is 1. The quantitative estimate of drug-likeness (QED) is 0.173. The van der Waals surface area contributed by atoms with Crippen molar-refractivity contribution in [3.63, 3.8) is 0 Å². The number of aryl methyl sites for hydroxylation is 1. The summed E-state index contributed by atoms with van der Waals surface area (Å²) in [6, 6.07) is 15.3. The number of hydrogen-bond acceptors (Lipinski definition) is 4. The molecule has 0 saturated carbocycles. The molecule has 1 aliphatic carbocycles. The summed E-state index contributed by atoms with van der Waals surface area (Å²) < 4.78 is 45.3. The van der Waals surface area contributed by atoms with Crippen LogP contribution in [0.4, 0.5) is 23.0 Å². The molecule has 0 amide bonds. The molecule has 2 aliphatic rings. The van der Waals surface area contributed by atoms with Gasteiger partial charge in [-0.2, -0.15) is 0 Å². The Morgan fingerprint density at radius 3 is 2.31 bits per heavy atom. The zero-order chi connectivity index (χ0) is 26.6. The maximum absolute atomic E-state index is 12.0. The Morgan fingerprint density at radius 1 is 1.03 bits per heavy atom. The topological polar surface area (TPSA) is 74.8 Å². The lowest BCUT2D eigenvalue weighted by molar-refractivity contribution is 0.0697. The minimum absolute atomic E-state index is 0.263. The number of carboxylic acids is 1. The van der Waals surface area contributed by atoms with Crippen molar-refractivity contribution in [3.05, 3.63) is 70.6 Å². The smallest absolute Gasteiger partial charge is 0.478 e. The minimum atomic E-state index is -6.00. The third kappa shape index (κ3) is 6.05. The van der Waals surface area contributed by atoms with Gasteiger partial charge in [0.15, 0.2) is 0 Å². The number of benzene rings is 3. The molecule has 5 nitrogen and oxygen atoms in total. The fourth-order valence-electron chi connectivity index (χ4n) is 4.13. The molecule has 0 bridgehead atoms. The first kappa shape index (κ1) is 26.8. The number of carboxylic acid groups (broad SMARTS) is 1. The first-order valence-electron chi connectivity index (χ1n) is 11.4. The Bertz CT molecular complexity index is 1440. The van der Waals surface area contributed by atoms with E-state index in [1.54, 1.807) is 12.1 Å². The van der Waals surface area contributed by atoms with Crippen LogP contribution in [0, 0.1) is 13.8 Å². The number of aromatic carboxylic acids is 1. The van der Waals surface area contributed by atoms with Crippen LogP contribution in [0.1, 0.15) is 35.3 Å². The first-order valence-corrected chi connectivity index (χ1v) is 11.4. The molecule has 190 valence electrons. The Labute approximate surface area is 205 Å². The monoisotopic (exact) mass is 501 g/mol. The Morgan fingerprint density at radius 2 is 1.69 bits per heavy atom. The molecule has 0 radical (unpaired) electrons. The van der Waals surface area contributed by atoms with E-state index in [9.17, 15) is 27.2 Å². The molecule has 0 unspecified atom stereocenters. The summed E-state index contributed by atoms with van der Waals surface area (Å²) >= 11 is 0. The number of anilines is 1. The van der Waals surface area contributed by atoms with Gasteiger partial charge in [0.05, 0.1) is 10.9 Å². The lowest BCUT2D eigenvalue weighted by Crippen LogP contribution is -2.12. The largest absolute Gasteiger partial charge is 0.673 e. The SMILES string of the molecule is CCN=c1cc2oc3cc(NCC)c(C)cc3cc-2c(-c2ccccc2C(=O)O)c1C.F[B-](F)(F)F. The molecule has 0 spiro atoms. The van der Waals surface area contributed by atoms with Crippen LogP contribution >= 0.6 is 0 Å². The summed E-state index contributed by atoms with van der Waals surface area (Å²) in [5.41, 5.74) is 6.55. The van der Waals surface area contributed by atoms with Crippen molar-refractivity contribution in [3.8, 4) is 22.5 Å². The maximum Gasteiger partial charge on any atom is 0.673 e. The molecular weight excluding hydrogens is 475 g/mol. The van der Waals surface area contributed by atoms with E-state index in [1.807, 2.05) is 38.1 Å². The van der Waals surface area contributed by atoms with Crippen molar-refractivity contribution >= 4 is 29.9 Å². The Kier molecular flexibility index (Phi) is 8.07. The summed E-state index contributed by atoms with van der Waals surface area (Å²) in [5.74, 6) is -0.267. The average Bonchev–Trinajstić information content (AvgIpc) is 2.79. The minimum Gasteiger partial charge on any atom is -0.478 e. The molecule has 36 heavy (non-hydrogen) atoms. The van der Waals surface area contributed by atoms with E-state index >= 15 is 0 Å². The molecule has 0 atom stereocenters. The molecule has 0 saturated heterocycles. The molecule has 10 heteroatoms. The lowest BCUT2D eigenvalue weighted by Gasteiger charge is -2.18. The number of carbonyl (C=O) groups is 1. The van der Waals surface area contributed by atoms with Gasteiger partial charge in [-0.3, -0.25) is 4.99 Å². The van der Waals surface area contributed by atoms with Gasteiger partial charge in [-0.05, 0) is 68.1 Å². The number of hydrogen-bond donors (Lipinski definition) is 2. The highest BCUT2D eigenvalue weighted by atomic mass is 19.5. The molecule has 0 fully saturated rings. The maximum atomic E-state index is 12.0. The molecule has 0 aromatic heterocycles. The summed E-state index contributed by atoms with van der Waals surface area (Å²) in [6.45, 7) is 9.56. The van der Waals surface area contributed by atoms with Crippen molar-refractivity contribution in [2.75, 3.05) is 18.4 Å². The second kappa shape index (κ2) is 10.8. The molecule has 2 N–H and O–H groups in total.